The summed E-state index contributed by atoms with van der Waals surface area (Å²) in [5.41, 5.74) is 11.6. The number of aromatic amines is 2. The fourth-order valence-electron chi connectivity index (χ4n) is 7.82. The molecule has 10 rings (SSSR count). The Hall–Kier alpha value is -3.18. The number of aryl methyl sites for hydroxylation is 8. The summed E-state index contributed by atoms with van der Waals surface area (Å²) in [4.78, 5) is 11.1. The number of nitrogens with two attached hydrogens (primary N) is 2. The fraction of sp³-hybridized carbons (Fsp3) is 0.294. The summed E-state index contributed by atoms with van der Waals surface area (Å²) < 4.78 is 35.6. The number of rotatable bonds is 4. The fourth-order valence-corrected chi connectivity index (χ4v) is 14.5. The Balaban J connectivity index is 0.000000212. The first-order chi connectivity index (χ1) is 35.1. The van der Waals surface area contributed by atoms with Crippen LogP contribution < -0.4 is 17.1 Å². The third kappa shape index (κ3) is 15.6. The van der Waals surface area contributed by atoms with Crippen LogP contribution in [0, 0.1) is 55.4 Å². The number of hydrogen-bond acceptors (Lipinski definition) is 13. The summed E-state index contributed by atoms with van der Waals surface area (Å²) in [5.74, 6) is 10.4. The standard InChI is InChI=1S/C18H18N4O2.C11H18BNO3.C8H5Br3O.C8H6Br2N2.C6H3Br3.H4N2.H2O/c1-8-18-14(17-10(3)22-24-12(17)5)6-13(7-15(18)20-19-8)16-9(2)21-23-11(16)4;1-7-9(8(2)14-13-7)12-15-10(3,4)11(5,6)16-12;1-4(12)8-6(10)2-5(9)3-7(8)11;1-4-8-6(10)2-5(9)3-7(8)12-11-4;7-4-1-5(8)3-6(9)2-4;1-2;/h6-7H,1-5H3,(H,19,20);1-6H3;2-3H,1H3;2-3H,1H3,(H,11,12);1-3H;1-2H2;1H2. The molecule has 6 heterocycles. The van der Waals surface area contributed by atoms with E-state index in [1.807, 2.05) is 126 Å². The number of hydrazine groups is 1. The van der Waals surface area contributed by atoms with Crippen LogP contribution >= 0.6 is 127 Å². The van der Waals surface area contributed by atoms with E-state index in [1.54, 1.807) is 6.92 Å². The molecule has 76 heavy (non-hydrogen) atoms. The molecule has 1 aliphatic heterocycles. The quantitative estimate of drug-likeness (QED) is 0.0554. The molecule has 0 aliphatic carbocycles. The predicted octanol–water partition coefficient (Wildman–Crippen LogP) is 15.5. The maximum Gasteiger partial charge on any atom is 0.500 e. The lowest BCUT2D eigenvalue weighted by Gasteiger charge is -2.32. The topological polar surface area (TPSA) is 255 Å². The van der Waals surface area contributed by atoms with Gasteiger partial charge in [-0.05, 0) is 204 Å². The molecule has 1 saturated heterocycles. The van der Waals surface area contributed by atoms with Gasteiger partial charge in [0.05, 0.1) is 39.3 Å². The van der Waals surface area contributed by atoms with Gasteiger partial charge in [-0.3, -0.25) is 26.7 Å². The molecule has 0 amide bonds. The van der Waals surface area contributed by atoms with Gasteiger partial charge in [-0.1, -0.05) is 95.1 Å². The van der Waals surface area contributed by atoms with Gasteiger partial charge in [-0.2, -0.15) is 10.2 Å². The minimum absolute atomic E-state index is 0. The van der Waals surface area contributed by atoms with E-state index in [0.29, 0.717) is 5.56 Å². The van der Waals surface area contributed by atoms with Crippen LogP contribution in [-0.4, -0.2) is 65.4 Å². The number of hydrogen-bond donors (Lipinski definition) is 4. The molecular formula is C51H56BBr8N9O7. The monoisotopic (exact) mass is 1550 g/mol. The van der Waals surface area contributed by atoms with Crippen LogP contribution in [0.15, 0.2) is 104 Å². The van der Waals surface area contributed by atoms with Crippen LogP contribution in [0.1, 0.15) is 90.7 Å². The van der Waals surface area contributed by atoms with Gasteiger partial charge in [0.1, 0.15) is 17.3 Å². The lowest BCUT2D eigenvalue weighted by Crippen LogP contribution is -2.41. The number of fused-ring (bicyclic) bond motifs is 2. The second kappa shape index (κ2) is 27.8. The van der Waals surface area contributed by atoms with Gasteiger partial charge < -0.3 is 28.4 Å². The third-order valence-electron chi connectivity index (χ3n) is 12.0. The van der Waals surface area contributed by atoms with Crippen LogP contribution in [0.4, 0.5) is 0 Å². The summed E-state index contributed by atoms with van der Waals surface area (Å²) in [6.45, 7) is 25.2. The molecule has 8 N–H and O–H groups in total. The van der Waals surface area contributed by atoms with E-state index in [0.717, 1.165) is 131 Å². The highest BCUT2D eigenvalue weighted by Crippen LogP contribution is 2.40. The van der Waals surface area contributed by atoms with Crippen LogP contribution in [0.5, 0.6) is 0 Å². The van der Waals surface area contributed by atoms with Crippen molar-refractivity contribution < 1.29 is 33.1 Å². The van der Waals surface area contributed by atoms with E-state index in [9.17, 15) is 4.79 Å². The zero-order valence-corrected chi connectivity index (χ0v) is 56.3. The number of nitrogens with zero attached hydrogens (tertiary/aromatic N) is 5. The van der Waals surface area contributed by atoms with Gasteiger partial charge in [-0.25, -0.2) is 0 Å². The van der Waals surface area contributed by atoms with Crippen molar-refractivity contribution in [1.82, 2.24) is 35.9 Å². The maximum atomic E-state index is 11.1. The van der Waals surface area contributed by atoms with Crippen molar-refractivity contribution >= 4 is 168 Å². The predicted molar refractivity (Wildman–Crippen MR) is 330 cm³/mol. The lowest BCUT2D eigenvalue weighted by molar-refractivity contribution is 0.00578. The van der Waals surface area contributed by atoms with Crippen molar-refractivity contribution in [2.45, 2.75) is 101 Å². The number of carbonyl (C=O) groups is 1. The number of ketones is 1. The first kappa shape index (κ1) is 65.3. The Morgan fingerprint density at radius 1 is 0.526 bits per heavy atom. The number of aromatic nitrogens is 7. The smallest absolute Gasteiger partial charge is 0.412 e. The molecule has 1 aliphatic rings. The Morgan fingerprint density at radius 3 is 1.36 bits per heavy atom. The molecule has 406 valence electrons. The Bertz CT molecular complexity index is 3330. The molecule has 0 atom stereocenters. The highest BCUT2D eigenvalue weighted by molar-refractivity contribution is 9.12. The van der Waals surface area contributed by atoms with Crippen molar-refractivity contribution in [2.24, 2.45) is 11.7 Å². The molecule has 5 aromatic heterocycles. The number of halogens is 8. The number of nitrogens with one attached hydrogen (secondary N) is 2. The van der Waals surface area contributed by atoms with Crippen molar-refractivity contribution in [3.8, 4) is 22.3 Å². The number of carbonyl (C=O) groups excluding carboxylic acids is 1. The van der Waals surface area contributed by atoms with Crippen LogP contribution in [0.3, 0.4) is 0 Å². The van der Waals surface area contributed by atoms with Crippen LogP contribution in [0.25, 0.3) is 44.1 Å². The Morgan fingerprint density at radius 2 is 0.921 bits per heavy atom. The van der Waals surface area contributed by atoms with Gasteiger partial charge >= 0.3 is 7.12 Å². The first-order valence-corrected chi connectivity index (χ1v) is 29.0. The minimum atomic E-state index is -0.378. The van der Waals surface area contributed by atoms with Crippen molar-refractivity contribution in [2.75, 3.05) is 0 Å². The molecule has 0 radical (unpaired) electrons. The van der Waals surface area contributed by atoms with Gasteiger partial charge in [0, 0.05) is 80.1 Å². The van der Waals surface area contributed by atoms with Crippen molar-refractivity contribution in [1.29, 1.82) is 0 Å². The van der Waals surface area contributed by atoms with E-state index in [1.165, 1.54) is 0 Å². The largest absolute Gasteiger partial charge is 0.500 e. The average Bonchev–Trinajstić information content (AvgIpc) is 4.15. The van der Waals surface area contributed by atoms with Crippen LogP contribution in [-0.2, 0) is 9.31 Å². The van der Waals surface area contributed by atoms with Crippen LogP contribution in [0.2, 0.25) is 0 Å². The number of Topliss-reactive ketones (excluding diaryl/α,β-unsaturated/α-hetero) is 1. The molecule has 0 bridgehead atoms. The van der Waals surface area contributed by atoms with Crippen molar-refractivity contribution in [3.05, 3.63) is 142 Å². The Labute approximate surface area is 508 Å². The highest BCUT2D eigenvalue weighted by Gasteiger charge is 2.53. The summed E-state index contributed by atoms with van der Waals surface area (Å²) >= 11 is 26.9. The highest BCUT2D eigenvalue weighted by atomic mass is 79.9. The molecule has 16 nitrogen and oxygen atoms in total. The SMILES string of the molecule is Brc1cc(Br)cc(Br)c1.CC(=O)c1c(Br)cc(Br)cc1Br.Cc1[nH]nc2cc(Br)cc(Br)c12.Cc1noc(C)c1-c1cc(-c2c(C)noc2C)c2c(C)[nH]nc2c1.Cc1noc(C)c1B1OC(C)(C)C(C)(C)O1.NN.O. The zero-order chi connectivity index (χ0) is 56.0. The molecule has 1 fully saturated rings. The first-order valence-electron chi connectivity index (χ1n) is 22.6. The maximum absolute atomic E-state index is 11.1. The number of H-pyrrole nitrogens is 2. The normalized spacial score (nSPS) is 13.0. The summed E-state index contributed by atoms with van der Waals surface area (Å²) in [6, 6.07) is 17.9. The average molecular weight is 1560 g/mol. The lowest BCUT2D eigenvalue weighted by atomic mass is 9.77. The van der Waals surface area contributed by atoms with Gasteiger partial charge in [-0.15, -0.1) is 0 Å². The molecule has 25 heteroatoms. The molecule has 4 aromatic carbocycles. The van der Waals surface area contributed by atoms with E-state index in [4.69, 9.17) is 22.9 Å². The van der Waals surface area contributed by atoms with Crippen molar-refractivity contribution in [3.63, 3.8) is 0 Å². The molecule has 0 saturated carbocycles. The van der Waals surface area contributed by atoms with E-state index < -0.39 is 0 Å². The van der Waals surface area contributed by atoms with Gasteiger partial charge in [0.2, 0.25) is 0 Å². The summed E-state index contributed by atoms with van der Waals surface area (Å²) in [5, 5.41) is 29.0. The third-order valence-corrected chi connectivity index (χ3v) is 16.1. The summed E-state index contributed by atoms with van der Waals surface area (Å²) in [6.07, 6.45) is 0. The molecule has 0 unspecified atom stereocenters. The van der Waals surface area contributed by atoms with E-state index >= 15 is 0 Å². The van der Waals surface area contributed by atoms with E-state index in [-0.39, 0.29) is 29.6 Å². The van der Waals surface area contributed by atoms with E-state index in [2.05, 4.69) is 187 Å². The summed E-state index contributed by atoms with van der Waals surface area (Å²) in [7, 11) is -0.378. The minimum Gasteiger partial charge on any atom is -0.412 e. The molecule has 9 aromatic rings. The Kier molecular flexibility index (Phi) is 23.9. The van der Waals surface area contributed by atoms with Gasteiger partial charge in [0.15, 0.2) is 5.78 Å². The van der Waals surface area contributed by atoms with Gasteiger partial charge in [0.25, 0.3) is 0 Å². The number of benzene rings is 4. The zero-order valence-electron chi connectivity index (χ0n) is 43.6. The second-order valence-electron chi connectivity index (χ2n) is 18.0. The molecular weight excluding hydrogens is 1500 g/mol. The second-order valence-corrected chi connectivity index (χ2v) is 25.2. The molecule has 0 spiro atoms.